The number of benzene rings is 2. The van der Waals surface area contributed by atoms with E-state index < -0.39 is 0 Å². The molecule has 0 aliphatic carbocycles. The van der Waals surface area contributed by atoms with Crippen LogP contribution in [0.4, 0.5) is 0 Å². The fourth-order valence-electron chi connectivity index (χ4n) is 4.33. The molecule has 7 nitrogen and oxygen atoms in total. The molecule has 1 atom stereocenters. The van der Waals surface area contributed by atoms with E-state index in [1.165, 1.54) is 4.88 Å². The number of aromatic nitrogens is 4. The zero-order valence-corrected chi connectivity index (χ0v) is 19.3. The number of oxazole rings is 1. The molecule has 0 radical (unpaired) electrons. The number of carbonyl (C=O) groups excluding carboxylic acids is 1. The number of rotatable bonds is 4. The van der Waals surface area contributed by atoms with Crippen LogP contribution in [0.1, 0.15) is 29.1 Å². The summed E-state index contributed by atoms with van der Waals surface area (Å²) in [5.74, 6) is 1.93. The number of fused-ring (bicyclic) bond motifs is 1. The molecule has 8 heteroatoms. The van der Waals surface area contributed by atoms with Gasteiger partial charge in [0.2, 0.25) is 5.89 Å². The number of hydrogen-bond acceptors (Lipinski definition) is 6. The number of carbonyl (C=O) groups is 1. The molecule has 0 saturated carbocycles. The van der Waals surface area contributed by atoms with Gasteiger partial charge in [-0.3, -0.25) is 4.79 Å². The Morgan fingerprint density at radius 1 is 0.971 bits per heavy atom. The molecule has 0 N–H and O–H groups in total. The minimum absolute atomic E-state index is 0.00571. The summed E-state index contributed by atoms with van der Waals surface area (Å²) in [6, 6.07) is 21.5. The maximum atomic E-state index is 13.3. The third-order valence-electron chi connectivity index (χ3n) is 6.14. The van der Waals surface area contributed by atoms with Crippen LogP contribution in [0.15, 0.2) is 82.8 Å². The summed E-state index contributed by atoms with van der Waals surface area (Å²) in [6.45, 7) is 3.14. The van der Waals surface area contributed by atoms with Crippen molar-refractivity contribution in [3.8, 4) is 33.4 Å². The van der Waals surface area contributed by atoms with Crippen LogP contribution in [0.3, 0.4) is 0 Å². The van der Waals surface area contributed by atoms with Crippen molar-refractivity contribution in [3.05, 3.63) is 89.8 Å². The van der Waals surface area contributed by atoms with Gasteiger partial charge in [-0.05, 0) is 48.2 Å². The summed E-state index contributed by atoms with van der Waals surface area (Å²) in [5, 5.41) is 10.8. The van der Waals surface area contributed by atoms with E-state index in [9.17, 15) is 4.79 Å². The van der Waals surface area contributed by atoms with Crippen molar-refractivity contribution in [2.24, 2.45) is 0 Å². The van der Waals surface area contributed by atoms with Gasteiger partial charge in [-0.1, -0.05) is 36.4 Å². The van der Waals surface area contributed by atoms with Gasteiger partial charge in [0.15, 0.2) is 11.6 Å². The molecule has 0 fully saturated rings. The highest BCUT2D eigenvalue weighted by Gasteiger charge is 2.32. The smallest absolute Gasteiger partial charge is 0.254 e. The van der Waals surface area contributed by atoms with Crippen LogP contribution in [-0.4, -0.2) is 37.1 Å². The van der Waals surface area contributed by atoms with Gasteiger partial charge in [-0.25, -0.2) is 4.98 Å². The molecule has 168 valence electrons. The van der Waals surface area contributed by atoms with E-state index in [1.807, 2.05) is 77.1 Å². The SMILES string of the molecule is CC1c2nnc(-c3coc(-c4ccccc4)n3)n2CCN1C(=O)c1ccc(-c2cccs2)cc1. The molecule has 0 saturated heterocycles. The van der Waals surface area contributed by atoms with E-state index in [4.69, 9.17) is 4.42 Å². The van der Waals surface area contributed by atoms with Crippen LogP contribution in [0, 0.1) is 0 Å². The van der Waals surface area contributed by atoms with E-state index in [2.05, 4.69) is 26.6 Å². The topological polar surface area (TPSA) is 77.1 Å². The number of amides is 1. The Balaban J connectivity index is 1.24. The molecule has 5 aromatic rings. The molecule has 1 amide bonds. The molecular weight excluding hydrogens is 446 g/mol. The lowest BCUT2D eigenvalue weighted by Crippen LogP contribution is -2.41. The van der Waals surface area contributed by atoms with Gasteiger partial charge in [0.05, 0.1) is 6.04 Å². The van der Waals surface area contributed by atoms with Crippen LogP contribution < -0.4 is 0 Å². The Morgan fingerprint density at radius 3 is 2.56 bits per heavy atom. The molecule has 6 rings (SSSR count). The van der Waals surface area contributed by atoms with E-state index in [0.717, 1.165) is 17.0 Å². The van der Waals surface area contributed by atoms with Crippen LogP contribution in [0.25, 0.3) is 33.4 Å². The van der Waals surface area contributed by atoms with Crippen molar-refractivity contribution >= 4 is 17.2 Å². The summed E-state index contributed by atoms with van der Waals surface area (Å²) in [7, 11) is 0. The second-order valence-electron chi connectivity index (χ2n) is 8.17. The average molecular weight is 468 g/mol. The highest BCUT2D eigenvalue weighted by molar-refractivity contribution is 7.13. The van der Waals surface area contributed by atoms with E-state index >= 15 is 0 Å². The van der Waals surface area contributed by atoms with E-state index in [1.54, 1.807) is 17.6 Å². The summed E-state index contributed by atoms with van der Waals surface area (Å²) >= 11 is 1.69. The minimum atomic E-state index is -0.208. The first kappa shape index (κ1) is 20.6. The Hall–Kier alpha value is -4.04. The zero-order valence-electron chi connectivity index (χ0n) is 18.5. The van der Waals surface area contributed by atoms with Gasteiger partial charge in [0.25, 0.3) is 5.91 Å². The maximum absolute atomic E-state index is 13.3. The van der Waals surface area contributed by atoms with Crippen molar-refractivity contribution in [2.75, 3.05) is 6.54 Å². The normalized spacial score (nSPS) is 15.3. The first-order valence-corrected chi connectivity index (χ1v) is 12.0. The molecule has 2 aromatic carbocycles. The van der Waals surface area contributed by atoms with Gasteiger partial charge >= 0.3 is 0 Å². The third kappa shape index (κ3) is 3.52. The number of hydrogen-bond donors (Lipinski definition) is 0. The Morgan fingerprint density at radius 2 is 1.79 bits per heavy atom. The van der Waals surface area contributed by atoms with Crippen LogP contribution in [-0.2, 0) is 6.54 Å². The molecule has 3 aromatic heterocycles. The fourth-order valence-corrected chi connectivity index (χ4v) is 5.06. The quantitative estimate of drug-likeness (QED) is 0.347. The van der Waals surface area contributed by atoms with Crippen LogP contribution >= 0.6 is 11.3 Å². The Kier molecular flexibility index (Phi) is 5.07. The largest absolute Gasteiger partial charge is 0.444 e. The van der Waals surface area contributed by atoms with Gasteiger partial charge in [0.1, 0.15) is 12.0 Å². The maximum Gasteiger partial charge on any atom is 0.254 e. The molecule has 1 aliphatic rings. The second-order valence-corrected chi connectivity index (χ2v) is 9.11. The summed E-state index contributed by atoms with van der Waals surface area (Å²) in [5.41, 5.74) is 3.32. The van der Waals surface area contributed by atoms with E-state index in [0.29, 0.717) is 36.1 Å². The molecular formula is C26H21N5O2S. The number of thiophene rings is 1. The Labute approximate surface area is 200 Å². The van der Waals surface area contributed by atoms with Crippen molar-refractivity contribution in [1.29, 1.82) is 0 Å². The fraction of sp³-hybridized carbons (Fsp3) is 0.154. The van der Waals surface area contributed by atoms with Crippen molar-refractivity contribution in [3.63, 3.8) is 0 Å². The highest BCUT2D eigenvalue weighted by atomic mass is 32.1. The van der Waals surface area contributed by atoms with Crippen LogP contribution in [0.5, 0.6) is 0 Å². The predicted molar refractivity (Wildman–Crippen MR) is 130 cm³/mol. The van der Waals surface area contributed by atoms with Gasteiger partial charge in [0, 0.05) is 29.1 Å². The lowest BCUT2D eigenvalue weighted by Gasteiger charge is -2.33. The number of nitrogens with zero attached hydrogens (tertiary/aromatic N) is 5. The summed E-state index contributed by atoms with van der Waals surface area (Å²) < 4.78 is 7.72. The van der Waals surface area contributed by atoms with Crippen molar-refractivity contribution in [2.45, 2.75) is 19.5 Å². The van der Waals surface area contributed by atoms with Crippen molar-refractivity contribution in [1.82, 2.24) is 24.6 Å². The monoisotopic (exact) mass is 467 g/mol. The molecule has 0 bridgehead atoms. The minimum Gasteiger partial charge on any atom is -0.444 e. The first-order valence-electron chi connectivity index (χ1n) is 11.1. The molecule has 4 heterocycles. The highest BCUT2D eigenvalue weighted by Crippen LogP contribution is 2.31. The standard InChI is InChI=1S/C26H21N5O2S/c1-17-23-28-29-24(21-16-33-25(27-21)19-6-3-2-4-7-19)31(23)14-13-30(17)26(32)20-11-9-18(10-12-20)22-8-5-15-34-22/h2-12,15-17H,13-14H2,1H3. The zero-order chi connectivity index (χ0) is 23.1. The third-order valence-corrected chi connectivity index (χ3v) is 7.06. The Bertz CT molecular complexity index is 1440. The average Bonchev–Trinajstić information content (AvgIpc) is 3.65. The lowest BCUT2D eigenvalue weighted by molar-refractivity contribution is 0.0638. The van der Waals surface area contributed by atoms with Crippen LogP contribution in [0.2, 0.25) is 0 Å². The second kappa shape index (κ2) is 8.39. The van der Waals surface area contributed by atoms with E-state index in [-0.39, 0.29) is 11.9 Å². The molecule has 1 unspecified atom stereocenters. The molecule has 1 aliphatic heterocycles. The predicted octanol–water partition coefficient (Wildman–Crippen LogP) is 5.55. The van der Waals surface area contributed by atoms with Gasteiger partial charge in [-0.15, -0.1) is 21.5 Å². The molecule has 0 spiro atoms. The first-order chi connectivity index (χ1) is 16.7. The van der Waals surface area contributed by atoms with Gasteiger partial charge in [-0.2, -0.15) is 0 Å². The van der Waals surface area contributed by atoms with Crippen molar-refractivity contribution < 1.29 is 9.21 Å². The molecule has 34 heavy (non-hydrogen) atoms. The summed E-state index contributed by atoms with van der Waals surface area (Å²) in [4.78, 5) is 21.0. The van der Waals surface area contributed by atoms with Gasteiger partial charge < -0.3 is 13.9 Å². The lowest BCUT2D eigenvalue weighted by atomic mass is 10.1. The summed E-state index contributed by atoms with van der Waals surface area (Å²) in [6.07, 6.45) is 1.61.